The zero-order valence-electron chi connectivity index (χ0n) is 15.2. The van der Waals surface area contributed by atoms with Crippen LogP contribution in [0, 0.1) is 6.92 Å². The number of sulfonamides is 1. The van der Waals surface area contributed by atoms with Crippen molar-refractivity contribution in [3.8, 4) is 5.75 Å². The molecule has 1 aromatic carbocycles. The lowest BCUT2D eigenvalue weighted by Gasteiger charge is -2.22. The van der Waals surface area contributed by atoms with Gasteiger partial charge in [0.2, 0.25) is 0 Å². The zero-order valence-corrected chi connectivity index (χ0v) is 16.8. The first kappa shape index (κ1) is 19.1. The Kier molecular flexibility index (Phi) is 5.62. The molecule has 1 N–H and O–H groups in total. The maximum absolute atomic E-state index is 13.3. The van der Waals surface area contributed by atoms with E-state index < -0.39 is 10.0 Å². The Labute approximate surface area is 162 Å². The fraction of sp³-hybridized carbons (Fsp3) is 0.222. The van der Waals surface area contributed by atoms with Gasteiger partial charge in [-0.15, -0.1) is 11.3 Å². The molecule has 0 unspecified atom stereocenters. The molecule has 0 saturated carbocycles. The summed E-state index contributed by atoms with van der Waals surface area (Å²) in [5.41, 5.74) is 4.00. The summed E-state index contributed by atoms with van der Waals surface area (Å²) in [6.45, 7) is 1.98. The lowest BCUT2D eigenvalue weighted by Crippen LogP contribution is -2.31. The molecular weight excluding hydrogens is 384 g/mol. The van der Waals surface area contributed by atoms with Crippen molar-refractivity contribution >= 4 is 32.9 Å². The van der Waals surface area contributed by atoms with E-state index in [9.17, 15) is 8.42 Å². The van der Waals surface area contributed by atoms with Gasteiger partial charge in [0.15, 0.2) is 10.8 Å². The van der Waals surface area contributed by atoms with E-state index in [1.165, 1.54) is 21.8 Å². The van der Waals surface area contributed by atoms with E-state index in [4.69, 9.17) is 4.74 Å². The molecule has 27 heavy (non-hydrogen) atoms. The minimum absolute atomic E-state index is 0.0134. The highest BCUT2D eigenvalue weighted by Gasteiger charge is 2.28. The second-order valence-electron chi connectivity index (χ2n) is 5.79. The van der Waals surface area contributed by atoms with Crippen LogP contribution in [-0.2, 0) is 16.6 Å². The number of nitrogens with zero attached hydrogens (tertiary/aromatic N) is 3. The molecular formula is C18H20N4O3S2. The average molecular weight is 405 g/mol. The summed E-state index contributed by atoms with van der Waals surface area (Å²) >= 11 is 1.34. The molecule has 0 aliphatic carbocycles. The Hall–Kier alpha value is -2.65. The van der Waals surface area contributed by atoms with E-state index in [1.54, 1.807) is 43.2 Å². The van der Waals surface area contributed by atoms with E-state index in [2.05, 4.69) is 15.3 Å². The summed E-state index contributed by atoms with van der Waals surface area (Å²) in [4.78, 5) is 8.34. The van der Waals surface area contributed by atoms with Crippen LogP contribution < -0.4 is 14.4 Å². The van der Waals surface area contributed by atoms with Crippen molar-refractivity contribution in [2.45, 2.75) is 18.5 Å². The highest BCUT2D eigenvalue weighted by Crippen LogP contribution is 2.27. The van der Waals surface area contributed by atoms with E-state index in [-0.39, 0.29) is 11.6 Å². The first-order valence-electron chi connectivity index (χ1n) is 8.14. The van der Waals surface area contributed by atoms with Crippen LogP contribution in [0.5, 0.6) is 5.75 Å². The molecule has 0 aliphatic rings. The summed E-state index contributed by atoms with van der Waals surface area (Å²) < 4.78 is 33.0. The lowest BCUT2D eigenvalue weighted by atomic mass is 10.2. The van der Waals surface area contributed by atoms with Gasteiger partial charge in [-0.25, -0.2) is 14.3 Å². The average Bonchev–Trinajstić information content (AvgIpc) is 3.20. The Morgan fingerprint density at radius 1 is 1.22 bits per heavy atom. The second-order valence-corrected chi connectivity index (χ2v) is 8.32. The van der Waals surface area contributed by atoms with Crippen LogP contribution in [0.15, 0.2) is 52.4 Å². The van der Waals surface area contributed by atoms with Crippen molar-refractivity contribution in [1.29, 1.82) is 0 Å². The largest absolute Gasteiger partial charge is 0.497 e. The third kappa shape index (κ3) is 4.04. The first-order chi connectivity index (χ1) is 13.0. The van der Waals surface area contributed by atoms with Crippen molar-refractivity contribution < 1.29 is 13.2 Å². The number of hydrogen-bond donors (Lipinski definition) is 1. The maximum Gasteiger partial charge on any atom is 0.283 e. The molecule has 2 heterocycles. The van der Waals surface area contributed by atoms with Gasteiger partial charge >= 0.3 is 0 Å². The molecule has 0 aliphatic heterocycles. The third-order valence-corrected chi connectivity index (χ3v) is 6.29. The van der Waals surface area contributed by atoms with Gasteiger partial charge in [0.05, 0.1) is 31.0 Å². The van der Waals surface area contributed by atoms with Crippen LogP contribution >= 0.6 is 11.3 Å². The maximum atomic E-state index is 13.3. The summed E-state index contributed by atoms with van der Waals surface area (Å²) in [5.74, 6) is 1.08. The van der Waals surface area contributed by atoms with Crippen molar-refractivity contribution in [2.24, 2.45) is 0 Å². The number of aryl methyl sites for hydroxylation is 1. The molecule has 0 bridgehead atoms. The summed E-state index contributed by atoms with van der Waals surface area (Å²) in [6, 6.07) is 8.82. The fourth-order valence-electron chi connectivity index (χ4n) is 2.56. The van der Waals surface area contributed by atoms with Gasteiger partial charge in [-0.05, 0) is 36.2 Å². The van der Waals surface area contributed by atoms with E-state index in [0.29, 0.717) is 11.6 Å². The minimum atomic E-state index is -3.88. The minimum Gasteiger partial charge on any atom is -0.497 e. The molecule has 3 aromatic rings. The molecule has 0 atom stereocenters. The number of thiazole rings is 1. The predicted molar refractivity (Wildman–Crippen MR) is 107 cm³/mol. The molecule has 0 amide bonds. The molecule has 9 heteroatoms. The molecule has 3 rings (SSSR count). The van der Waals surface area contributed by atoms with Gasteiger partial charge in [-0.2, -0.15) is 8.42 Å². The van der Waals surface area contributed by atoms with Gasteiger partial charge in [0.1, 0.15) is 5.75 Å². The van der Waals surface area contributed by atoms with Gasteiger partial charge in [0.25, 0.3) is 10.0 Å². The van der Waals surface area contributed by atoms with Crippen LogP contribution in [0.3, 0.4) is 0 Å². The van der Waals surface area contributed by atoms with E-state index in [0.717, 1.165) is 16.8 Å². The second kappa shape index (κ2) is 7.93. The molecule has 142 valence electrons. The van der Waals surface area contributed by atoms with Crippen molar-refractivity contribution in [2.75, 3.05) is 23.8 Å². The normalized spacial score (nSPS) is 11.2. The fourth-order valence-corrected chi connectivity index (χ4v) is 4.57. The topological polar surface area (TPSA) is 84.4 Å². The number of ether oxygens (including phenoxy) is 1. The monoisotopic (exact) mass is 404 g/mol. The Balaban J connectivity index is 2.00. The van der Waals surface area contributed by atoms with E-state index >= 15 is 0 Å². The lowest BCUT2D eigenvalue weighted by molar-refractivity contribution is 0.414. The van der Waals surface area contributed by atoms with E-state index in [1.807, 2.05) is 19.1 Å². The first-order valence-corrected chi connectivity index (χ1v) is 10.5. The Morgan fingerprint density at radius 3 is 2.52 bits per heavy atom. The standard InChI is InChI=1S/C18H20N4O3S2/c1-13-8-18(20-9-16(13)19-2)27(23,24)22(17-11-26-12-21-17)10-14-4-6-15(25-3)7-5-14/h4-9,11-12,19H,10H2,1-3H3. The van der Waals surface area contributed by atoms with Crippen molar-refractivity contribution in [1.82, 2.24) is 9.97 Å². The number of nitrogens with one attached hydrogen (secondary N) is 1. The van der Waals surface area contributed by atoms with Gasteiger partial charge in [-0.1, -0.05) is 12.1 Å². The number of rotatable bonds is 7. The molecule has 0 spiro atoms. The Morgan fingerprint density at radius 2 is 1.96 bits per heavy atom. The van der Waals surface area contributed by atoms with Crippen LogP contribution in [0.2, 0.25) is 0 Å². The van der Waals surface area contributed by atoms with Gasteiger partial charge < -0.3 is 10.1 Å². The van der Waals surface area contributed by atoms with Crippen molar-refractivity contribution in [3.63, 3.8) is 0 Å². The molecule has 0 radical (unpaired) electrons. The van der Waals surface area contributed by atoms with Gasteiger partial charge in [-0.3, -0.25) is 0 Å². The SMILES string of the molecule is CNc1cnc(S(=O)(=O)N(Cc2ccc(OC)cc2)c2cscn2)cc1C. The third-order valence-electron chi connectivity index (χ3n) is 4.07. The van der Waals surface area contributed by atoms with Crippen LogP contribution in [0.25, 0.3) is 0 Å². The van der Waals surface area contributed by atoms with Crippen LogP contribution in [0.4, 0.5) is 11.5 Å². The highest BCUT2D eigenvalue weighted by molar-refractivity contribution is 7.92. The number of hydrogen-bond acceptors (Lipinski definition) is 7. The number of methoxy groups -OCH3 is 1. The summed E-state index contributed by atoms with van der Waals surface area (Å²) in [5, 5.41) is 4.68. The zero-order chi connectivity index (χ0) is 19.4. The molecule has 0 saturated heterocycles. The summed E-state index contributed by atoms with van der Waals surface area (Å²) in [7, 11) is -0.524. The summed E-state index contributed by atoms with van der Waals surface area (Å²) in [6.07, 6.45) is 1.52. The quantitative estimate of drug-likeness (QED) is 0.650. The highest BCUT2D eigenvalue weighted by atomic mass is 32.2. The number of pyridine rings is 1. The van der Waals surface area contributed by atoms with Gasteiger partial charge in [0, 0.05) is 12.4 Å². The smallest absolute Gasteiger partial charge is 0.283 e. The predicted octanol–water partition coefficient (Wildman–Crippen LogP) is 3.29. The van der Waals surface area contributed by atoms with Crippen LogP contribution in [-0.4, -0.2) is 32.5 Å². The Bertz CT molecular complexity index is 1000. The molecule has 2 aromatic heterocycles. The van der Waals surface area contributed by atoms with Crippen molar-refractivity contribution in [3.05, 3.63) is 58.5 Å². The molecule has 0 fully saturated rings. The number of aromatic nitrogens is 2. The number of anilines is 2. The molecule has 7 nitrogen and oxygen atoms in total. The van der Waals surface area contributed by atoms with Crippen LogP contribution in [0.1, 0.15) is 11.1 Å². The number of benzene rings is 1.